The number of ether oxygens (including phenoxy) is 1. The monoisotopic (exact) mass is 325 g/mol. The molecule has 0 saturated heterocycles. The summed E-state index contributed by atoms with van der Waals surface area (Å²) < 4.78 is 10.3. The van der Waals surface area contributed by atoms with Crippen molar-refractivity contribution in [1.82, 2.24) is 0 Å². The molecule has 0 aliphatic rings. The van der Waals surface area contributed by atoms with Gasteiger partial charge >= 0.3 is 5.97 Å². The molecule has 0 spiro atoms. The van der Waals surface area contributed by atoms with Crippen LogP contribution < -0.4 is 0 Å². The topological polar surface area (TPSA) is 99.7 Å². The molecule has 3 aromatic rings. The van der Waals surface area contributed by atoms with Gasteiger partial charge in [-0.15, -0.1) is 0 Å². The van der Waals surface area contributed by atoms with Gasteiger partial charge in [-0.05, 0) is 18.2 Å². The molecule has 24 heavy (non-hydrogen) atoms. The Morgan fingerprint density at radius 1 is 1.08 bits per heavy atom. The summed E-state index contributed by atoms with van der Waals surface area (Å²) in [4.78, 5) is 34.0. The van der Waals surface area contributed by atoms with E-state index in [9.17, 15) is 19.7 Å². The number of nitro benzene ring substituents is 1. The van der Waals surface area contributed by atoms with Gasteiger partial charge in [0, 0.05) is 17.5 Å². The van der Waals surface area contributed by atoms with Crippen molar-refractivity contribution in [3.05, 3.63) is 76.0 Å². The first-order valence-electron chi connectivity index (χ1n) is 6.98. The van der Waals surface area contributed by atoms with Crippen LogP contribution in [0.15, 0.2) is 59.0 Å². The molecule has 7 heteroatoms. The highest BCUT2D eigenvalue weighted by atomic mass is 16.6. The molecule has 0 radical (unpaired) electrons. The first-order chi connectivity index (χ1) is 11.5. The standard InChI is InChI=1S/C17H11NO6/c19-14(16-9-11-4-1-2-7-15(11)24-16)10-23-17(20)12-5-3-6-13(8-12)18(21)22/h1-9H,10H2. The maximum Gasteiger partial charge on any atom is 0.338 e. The minimum Gasteiger partial charge on any atom is -0.454 e. The third-order valence-electron chi connectivity index (χ3n) is 3.33. The predicted molar refractivity (Wildman–Crippen MR) is 83.9 cm³/mol. The summed E-state index contributed by atoms with van der Waals surface area (Å²) >= 11 is 0. The second-order valence-corrected chi connectivity index (χ2v) is 4.96. The number of Topliss-reactive ketones (excluding diaryl/α,β-unsaturated/α-hetero) is 1. The van der Waals surface area contributed by atoms with Gasteiger partial charge in [0.1, 0.15) is 5.58 Å². The van der Waals surface area contributed by atoms with E-state index >= 15 is 0 Å². The molecular formula is C17H11NO6. The summed E-state index contributed by atoms with van der Waals surface area (Å²) in [7, 11) is 0. The normalized spacial score (nSPS) is 10.5. The second-order valence-electron chi connectivity index (χ2n) is 4.96. The number of rotatable bonds is 5. The van der Waals surface area contributed by atoms with Gasteiger partial charge in [-0.25, -0.2) is 4.79 Å². The van der Waals surface area contributed by atoms with Crippen LogP contribution in [0.5, 0.6) is 0 Å². The number of furan rings is 1. The van der Waals surface area contributed by atoms with Gasteiger partial charge in [-0.2, -0.15) is 0 Å². The molecule has 120 valence electrons. The number of nitrogens with zero attached hydrogens (tertiary/aromatic N) is 1. The van der Waals surface area contributed by atoms with E-state index in [2.05, 4.69) is 0 Å². The van der Waals surface area contributed by atoms with Crippen LogP contribution in [-0.2, 0) is 4.74 Å². The second kappa shape index (κ2) is 6.33. The maximum atomic E-state index is 12.0. The molecule has 0 amide bonds. The highest BCUT2D eigenvalue weighted by molar-refractivity contribution is 6.00. The van der Waals surface area contributed by atoms with Gasteiger partial charge in [0.15, 0.2) is 12.4 Å². The zero-order valence-electron chi connectivity index (χ0n) is 12.3. The minimum atomic E-state index is -0.817. The summed E-state index contributed by atoms with van der Waals surface area (Å²) in [5, 5.41) is 11.5. The number of hydrogen-bond acceptors (Lipinski definition) is 6. The summed E-state index contributed by atoms with van der Waals surface area (Å²) in [6.07, 6.45) is 0. The van der Waals surface area contributed by atoms with Crippen molar-refractivity contribution in [3.8, 4) is 0 Å². The number of non-ortho nitro benzene ring substituents is 1. The van der Waals surface area contributed by atoms with Crippen LogP contribution in [0.25, 0.3) is 11.0 Å². The van der Waals surface area contributed by atoms with E-state index in [1.807, 2.05) is 6.07 Å². The Morgan fingerprint density at radius 2 is 1.88 bits per heavy atom. The maximum absolute atomic E-state index is 12.0. The third kappa shape index (κ3) is 3.14. The van der Waals surface area contributed by atoms with E-state index < -0.39 is 23.3 Å². The number of para-hydroxylation sites is 1. The van der Waals surface area contributed by atoms with E-state index in [1.165, 1.54) is 18.2 Å². The quantitative estimate of drug-likeness (QED) is 0.308. The molecule has 0 unspecified atom stereocenters. The average molecular weight is 325 g/mol. The number of esters is 1. The van der Waals surface area contributed by atoms with Gasteiger partial charge < -0.3 is 9.15 Å². The molecule has 0 fully saturated rings. The summed E-state index contributed by atoms with van der Waals surface area (Å²) in [6, 6.07) is 13.8. The fourth-order valence-corrected chi connectivity index (χ4v) is 2.15. The lowest BCUT2D eigenvalue weighted by atomic mass is 10.2. The van der Waals surface area contributed by atoms with E-state index in [4.69, 9.17) is 9.15 Å². The number of carbonyl (C=O) groups is 2. The van der Waals surface area contributed by atoms with Crippen LogP contribution in [0.1, 0.15) is 20.9 Å². The number of nitro groups is 1. The summed E-state index contributed by atoms with van der Waals surface area (Å²) in [5.74, 6) is -1.23. The minimum absolute atomic E-state index is 0.00149. The Kier molecular flexibility index (Phi) is 4.07. The zero-order chi connectivity index (χ0) is 17.1. The first-order valence-corrected chi connectivity index (χ1v) is 6.98. The fourth-order valence-electron chi connectivity index (χ4n) is 2.15. The number of hydrogen-bond donors (Lipinski definition) is 0. The number of carbonyl (C=O) groups excluding carboxylic acids is 2. The van der Waals surface area contributed by atoms with Crippen molar-refractivity contribution in [2.24, 2.45) is 0 Å². The lowest BCUT2D eigenvalue weighted by Gasteiger charge is -2.03. The highest BCUT2D eigenvalue weighted by Crippen LogP contribution is 2.19. The number of fused-ring (bicyclic) bond motifs is 1. The molecule has 2 aromatic carbocycles. The van der Waals surface area contributed by atoms with Crippen molar-refractivity contribution in [1.29, 1.82) is 0 Å². The predicted octanol–water partition coefficient (Wildman–Crippen LogP) is 3.38. The first kappa shape index (κ1) is 15.4. The Balaban J connectivity index is 1.68. The van der Waals surface area contributed by atoms with E-state index in [0.717, 1.165) is 11.5 Å². The number of ketones is 1. The Labute approximate surface area is 135 Å². The van der Waals surface area contributed by atoms with Crippen molar-refractivity contribution in [2.45, 2.75) is 0 Å². The van der Waals surface area contributed by atoms with Gasteiger partial charge in [-0.3, -0.25) is 14.9 Å². The Morgan fingerprint density at radius 3 is 2.62 bits per heavy atom. The molecule has 0 bridgehead atoms. The van der Waals surface area contributed by atoms with Gasteiger partial charge in [0.2, 0.25) is 5.78 Å². The average Bonchev–Trinajstić information content (AvgIpc) is 3.03. The molecule has 0 aliphatic carbocycles. The molecule has 0 saturated carbocycles. The van der Waals surface area contributed by atoms with Gasteiger partial charge in [0.05, 0.1) is 10.5 Å². The van der Waals surface area contributed by atoms with Crippen molar-refractivity contribution >= 4 is 28.4 Å². The Hall–Kier alpha value is -3.48. The van der Waals surface area contributed by atoms with Crippen LogP contribution in [0.3, 0.4) is 0 Å². The molecule has 0 aliphatic heterocycles. The zero-order valence-corrected chi connectivity index (χ0v) is 12.3. The highest BCUT2D eigenvalue weighted by Gasteiger charge is 2.17. The van der Waals surface area contributed by atoms with Gasteiger partial charge in [-0.1, -0.05) is 24.3 Å². The summed E-state index contributed by atoms with van der Waals surface area (Å²) in [6.45, 7) is -0.513. The van der Waals surface area contributed by atoms with E-state index in [1.54, 1.807) is 24.3 Å². The lowest BCUT2D eigenvalue weighted by Crippen LogP contribution is -2.13. The van der Waals surface area contributed by atoms with Crippen LogP contribution in [0.4, 0.5) is 5.69 Å². The van der Waals surface area contributed by atoms with Crippen LogP contribution >= 0.6 is 0 Å². The molecule has 0 atom stereocenters. The largest absolute Gasteiger partial charge is 0.454 e. The van der Waals surface area contributed by atoms with Crippen LogP contribution in [0.2, 0.25) is 0 Å². The molecule has 1 aromatic heterocycles. The van der Waals surface area contributed by atoms with Crippen molar-refractivity contribution in [2.75, 3.05) is 6.61 Å². The fraction of sp³-hybridized carbons (Fsp3) is 0.0588. The molecule has 0 N–H and O–H groups in total. The molecular weight excluding hydrogens is 314 g/mol. The molecule has 1 heterocycles. The van der Waals surface area contributed by atoms with E-state index in [0.29, 0.717) is 5.58 Å². The molecule has 7 nitrogen and oxygen atoms in total. The third-order valence-corrected chi connectivity index (χ3v) is 3.33. The SMILES string of the molecule is O=C(OCC(=O)c1cc2ccccc2o1)c1cccc([N+](=O)[O-])c1. The van der Waals surface area contributed by atoms with E-state index in [-0.39, 0.29) is 17.0 Å². The van der Waals surface area contributed by atoms with Crippen molar-refractivity contribution < 1.29 is 23.7 Å². The number of benzene rings is 2. The smallest absolute Gasteiger partial charge is 0.338 e. The van der Waals surface area contributed by atoms with Crippen molar-refractivity contribution in [3.63, 3.8) is 0 Å². The lowest BCUT2D eigenvalue weighted by molar-refractivity contribution is -0.384. The Bertz CT molecular complexity index is 910. The van der Waals surface area contributed by atoms with Gasteiger partial charge in [0.25, 0.3) is 5.69 Å². The van der Waals surface area contributed by atoms with Crippen LogP contribution in [-0.4, -0.2) is 23.3 Å². The summed E-state index contributed by atoms with van der Waals surface area (Å²) in [5.41, 5.74) is 0.334. The van der Waals surface area contributed by atoms with Crippen LogP contribution in [0, 0.1) is 10.1 Å². The molecule has 3 rings (SSSR count).